The van der Waals surface area contributed by atoms with E-state index in [1.165, 1.54) is 9.60 Å². The molecular formula is C23H26N4O3S. The standard InChI is InChI=1S/C23H26N4O3S/c28-21(9-10-27-22(29)16-5-1-2-6-17(16)23(27)30)26-13-11-25(12-14-26)15-20-24-18-7-3-4-8-19(18)31-20/h1-4,7-8,16-17H,5-6,9-15H2/t16-,17-/m0/s1. The molecule has 8 heteroatoms. The molecule has 2 atom stereocenters. The maximum Gasteiger partial charge on any atom is 0.233 e. The number of thiazole rings is 1. The lowest BCUT2D eigenvalue weighted by atomic mass is 9.85. The summed E-state index contributed by atoms with van der Waals surface area (Å²) in [6.07, 6.45) is 5.44. The van der Waals surface area contributed by atoms with Gasteiger partial charge in [-0.3, -0.25) is 24.2 Å². The highest BCUT2D eigenvalue weighted by atomic mass is 32.1. The Morgan fingerprint density at radius 1 is 1.00 bits per heavy atom. The molecule has 2 aromatic rings. The van der Waals surface area contributed by atoms with Gasteiger partial charge in [0.25, 0.3) is 0 Å². The Balaban J connectivity index is 1.10. The average Bonchev–Trinajstić information content (AvgIpc) is 3.31. The van der Waals surface area contributed by atoms with Crippen LogP contribution in [0.5, 0.6) is 0 Å². The van der Waals surface area contributed by atoms with E-state index in [2.05, 4.69) is 11.0 Å². The van der Waals surface area contributed by atoms with Crippen LogP contribution in [0.1, 0.15) is 24.3 Å². The van der Waals surface area contributed by atoms with E-state index in [1.807, 2.05) is 35.3 Å². The molecule has 1 aromatic heterocycles. The molecule has 2 saturated heterocycles. The van der Waals surface area contributed by atoms with Crippen molar-refractivity contribution < 1.29 is 14.4 Å². The van der Waals surface area contributed by atoms with Gasteiger partial charge in [0.05, 0.1) is 28.6 Å². The van der Waals surface area contributed by atoms with Crippen LogP contribution in [0.25, 0.3) is 10.2 Å². The first-order valence-corrected chi connectivity index (χ1v) is 11.8. The zero-order chi connectivity index (χ0) is 21.4. The monoisotopic (exact) mass is 438 g/mol. The summed E-state index contributed by atoms with van der Waals surface area (Å²) in [6.45, 7) is 3.95. The topological polar surface area (TPSA) is 73.8 Å². The summed E-state index contributed by atoms with van der Waals surface area (Å²) in [4.78, 5) is 48.0. The third-order valence-corrected chi connectivity index (χ3v) is 7.59. The van der Waals surface area contributed by atoms with Crippen LogP contribution in [0.2, 0.25) is 0 Å². The fourth-order valence-corrected chi connectivity index (χ4v) is 5.80. The molecule has 2 aliphatic heterocycles. The molecule has 162 valence electrons. The number of imide groups is 1. The molecular weight excluding hydrogens is 412 g/mol. The van der Waals surface area contributed by atoms with E-state index in [4.69, 9.17) is 4.98 Å². The Morgan fingerprint density at radius 2 is 1.68 bits per heavy atom. The van der Waals surface area contributed by atoms with Gasteiger partial charge in [0.2, 0.25) is 17.7 Å². The average molecular weight is 439 g/mol. The molecule has 3 heterocycles. The largest absolute Gasteiger partial charge is 0.340 e. The van der Waals surface area contributed by atoms with E-state index in [1.54, 1.807) is 11.3 Å². The molecule has 1 aliphatic carbocycles. The van der Waals surface area contributed by atoms with Gasteiger partial charge in [0, 0.05) is 39.1 Å². The summed E-state index contributed by atoms with van der Waals surface area (Å²) in [5.74, 6) is -0.633. The molecule has 0 bridgehead atoms. The lowest BCUT2D eigenvalue weighted by Crippen LogP contribution is -2.49. The maximum atomic E-state index is 12.7. The van der Waals surface area contributed by atoms with Gasteiger partial charge in [0.1, 0.15) is 5.01 Å². The summed E-state index contributed by atoms with van der Waals surface area (Å²) in [5.41, 5.74) is 1.04. The molecule has 2 fully saturated rings. The number of piperazine rings is 1. The van der Waals surface area contributed by atoms with E-state index in [0.717, 1.165) is 30.2 Å². The van der Waals surface area contributed by atoms with Gasteiger partial charge in [-0.05, 0) is 25.0 Å². The number of rotatable bonds is 5. The molecule has 0 radical (unpaired) electrons. The Bertz CT molecular complexity index is 981. The summed E-state index contributed by atoms with van der Waals surface area (Å²) in [5, 5.41) is 1.10. The van der Waals surface area contributed by atoms with Crippen molar-refractivity contribution in [2.45, 2.75) is 25.8 Å². The van der Waals surface area contributed by atoms with Gasteiger partial charge in [0.15, 0.2) is 0 Å². The third-order valence-electron chi connectivity index (χ3n) is 6.57. The number of hydrogen-bond donors (Lipinski definition) is 0. The van der Waals surface area contributed by atoms with Crippen molar-refractivity contribution in [3.8, 4) is 0 Å². The van der Waals surface area contributed by atoms with E-state index < -0.39 is 0 Å². The molecule has 0 spiro atoms. The SMILES string of the molecule is O=C(CCN1C(=O)[C@H]2CC=CC[C@@H]2C1=O)N1CCN(Cc2nc3ccccc3s2)CC1. The van der Waals surface area contributed by atoms with Crippen molar-refractivity contribution in [2.75, 3.05) is 32.7 Å². The number of likely N-dealkylation sites (tertiary alicyclic amines) is 1. The summed E-state index contributed by atoms with van der Waals surface area (Å²) in [6, 6.07) is 8.16. The minimum absolute atomic E-state index is 0.0215. The van der Waals surface area contributed by atoms with Gasteiger partial charge in [-0.2, -0.15) is 0 Å². The first-order chi connectivity index (χ1) is 15.1. The molecule has 3 aliphatic rings. The smallest absolute Gasteiger partial charge is 0.233 e. The molecule has 0 unspecified atom stereocenters. The first kappa shape index (κ1) is 20.3. The van der Waals surface area contributed by atoms with Crippen molar-refractivity contribution in [3.63, 3.8) is 0 Å². The molecule has 5 rings (SSSR count). The predicted molar refractivity (Wildman–Crippen MR) is 118 cm³/mol. The van der Waals surface area contributed by atoms with Crippen LogP contribution in [0.4, 0.5) is 0 Å². The quantitative estimate of drug-likeness (QED) is 0.529. The van der Waals surface area contributed by atoms with Crippen molar-refractivity contribution in [1.82, 2.24) is 19.7 Å². The van der Waals surface area contributed by atoms with E-state index in [9.17, 15) is 14.4 Å². The summed E-state index contributed by atoms with van der Waals surface area (Å²) in [7, 11) is 0. The number of nitrogens with zero attached hydrogens (tertiary/aromatic N) is 4. The van der Waals surface area contributed by atoms with Crippen LogP contribution in [-0.2, 0) is 20.9 Å². The van der Waals surface area contributed by atoms with Crippen molar-refractivity contribution in [2.24, 2.45) is 11.8 Å². The van der Waals surface area contributed by atoms with E-state index in [0.29, 0.717) is 25.9 Å². The number of aromatic nitrogens is 1. The predicted octanol–water partition coefficient (Wildman–Crippen LogP) is 2.28. The molecule has 3 amide bonds. The normalized spacial score (nSPS) is 24.3. The minimum atomic E-state index is -0.223. The highest BCUT2D eigenvalue weighted by Gasteiger charge is 2.47. The van der Waals surface area contributed by atoms with Crippen LogP contribution in [0.15, 0.2) is 36.4 Å². The number of fused-ring (bicyclic) bond motifs is 2. The van der Waals surface area contributed by atoms with Gasteiger partial charge >= 0.3 is 0 Å². The molecule has 7 nitrogen and oxygen atoms in total. The lowest BCUT2D eigenvalue weighted by molar-refractivity contribution is -0.141. The molecule has 31 heavy (non-hydrogen) atoms. The van der Waals surface area contributed by atoms with Crippen molar-refractivity contribution >= 4 is 39.3 Å². The van der Waals surface area contributed by atoms with Gasteiger partial charge in [-0.25, -0.2) is 4.98 Å². The second-order valence-corrected chi connectivity index (χ2v) is 9.58. The van der Waals surface area contributed by atoms with Crippen molar-refractivity contribution in [3.05, 3.63) is 41.4 Å². The minimum Gasteiger partial charge on any atom is -0.340 e. The number of hydrogen-bond acceptors (Lipinski definition) is 6. The number of carbonyl (C=O) groups is 3. The fourth-order valence-electron chi connectivity index (χ4n) is 4.79. The third kappa shape index (κ3) is 4.02. The van der Waals surface area contributed by atoms with Gasteiger partial charge < -0.3 is 4.90 Å². The highest BCUT2D eigenvalue weighted by Crippen LogP contribution is 2.35. The van der Waals surface area contributed by atoms with Gasteiger partial charge in [-0.15, -0.1) is 11.3 Å². The second-order valence-electron chi connectivity index (χ2n) is 8.47. The lowest BCUT2D eigenvalue weighted by Gasteiger charge is -2.34. The highest BCUT2D eigenvalue weighted by molar-refractivity contribution is 7.18. The van der Waals surface area contributed by atoms with Crippen LogP contribution >= 0.6 is 11.3 Å². The number of benzene rings is 1. The number of carbonyl (C=O) groups excluding carboxylic acids is 3. The number of para-hydroxylation sites is 1. The zero-order valence-corrected chi connectivity index (χ0v) is 18.2. The van der Waals surface area contributed by atoms with Gasteiger partial charge in [-0.1, -0.05) is 24.3 Å². The Hall–Kier alpha value is -2.58. The molecule has 1 aromatic carbocycles. The number of amides is 3. The summed E-state index contributed by atoms with van der Waals surface area (Å²) >= 11 is 1.72. The second kappa shape index (κ2) is 8.51. The van der Waals surface area contributed by atoms with E-state index in [-0.39, 0.29) is 42.5 Å². The Morgan fingerprint density at radius 3 is 2.35 bits per heavy atom. The van der Waals surface area contributed by atoms with Crippen LogP contribution < -0.4 is 0 Å². The van der Waals surface area contributed by atoms with Crippen LogP contribution in [0, 0.1) is 11.8 Å². The van der Waals surface area contributed by atoms with E-state index >= 15 is 0 Å². The van der Waals surface area contributed by atoms with Crippen molar-refractivity contribution in [1.29, 1.82) is 0 Å². The maximum absolute atomic E-state index is 12.7. The zero-order valence-electron chi connectivity index (χ0n) is 17.4. The first-order valence-electron chi connectivity index (χ1n) is 10.9. The van der Waals surface area contributed by atoms with Crippen LogP contribution in [-0.4, -0.2) is 70.1 Å². The summed E-state index contributed by atoms with van der Waals surface area (Å²) < 4.78 is 1.20. The molecule has 0 N–H and O–H groups in total. The molecule has 0 saturated carbocycles. The Labute approximate surface area is 185 Å². The number of allylic oxidation sites excluding steroid dienone is 2. The van der Waals surface area contributed by atoms with Crippen LogP contribution in [0.3, 0.4) is 0 Å². The fraction of sp³-hybridized carbons (Fsp3) is 0.478. The Kier molecular flexibility index (Phi) is 5.58.